The van der Waals surface area contributed by atoms with Crippen molar-refractivity contribution in [3.8, 4) is 0 Å². The summed E-state index contributed by atoms with van der Waals surface area (Å²) in [7, 11) is 0. The Bertz CT molecular complexity index is 398. The molecule has 1 N–H and O–H groups in total. The first-order valence-electron chi connectivity index (χ1n) is 7.66. The summed E-state index contributed by atoms with van der Waals surface area (Å²) in [6.45, 7) is 3.65. The quantitative estimate of drug-likeness (QED) is 0.831. The maximum absolute atomic E-state index is 3.75. The van der Waals surface area contributed by atoms with Crippen LogP contribution in [0, 0.1) is 5.92 Å². The highest BCUT2D eigenvalue weighted by atomic mass is 14.9. The van der Waals surface area contributed by atoms with Gasteiger partial charge in [-0.25, -0.2) is 0 Å². The molecule has 0 bridgehead atoms. The number of benzene rings is 1. The Balaban J connectivity index is 1.73. The summed E-state index contributed by atoms with van der Waals surface area (Å²) in [6.07, 6.45) is 8.17. The predicted molar refractivity (Wildman–Crippen MR) is 76.9 cm³/mol. The fourth-order valence-corrected chi connectivity index (χ4v) is 3.84. The Kier molecular flexibility index (Phi) is 3.69. The molecule has 1 aliphatic heterocycles. The number of aryl methyl sites for hydroxylation is 1. The van der Waals surface area contributed by atoms with E-state index in [0.29, 0.717) is 0 Å². The third-order valence-electron chi connectivity index (χ3n) is 4.96. The zero-order chi connectivity index (χ0) is 12.4. The highest BCUT2D eigenvalue weighted by Gasteiger charge is 2.27. The van der Waals surface area contributed by atoms with Crippen LogP contribution in [-0.2, 0) is 6.42 Å². The number of hydrogen-bond donors (Lipinski definition) is 1. The molecule has 1 nitrogen and oxygen atoms in total. The van der Waals surface area contributed by atoms with Gasteiger partial charge in [-0.15, -0.1) is 0 Å². The van der Waals surface area contributed by atoms with Crippen LogP contribution in [0.5, 0.6) is 0 Å². The van der Waals surface area contributed by atoms with Crippen molar-refractivity contribution in [1.29, 1.82) is 0 Å². The summed E-state index contributed by atoms with van der Waals surface area (Å²) in [5.41, 5.74) is 3.25. The summed E-state index contributed by atoms with van der Waals surface area (Å²) in [6, 6.07) is 9.86. The minimum absolute atomic E-state index is 0.745. The van der Waals surface area contributed by atoms with Crippen molar-refractivity contribution < 1.29 is 0 Å². The van der Waals surface area contributed by atoms with Crippen LogP contribution < -0.4 is 5.32 Å². The van der Waals surface area contributed by atoms with Crippen molar-refractivity contribution in [2.24, 2.45) is 5.92 Å². The van der Waals surface area contributed by atoms with Gasteiger partial charge in [0.2, 0.25) is 0 Å². The molecule has 0 saturated carbocycles. The van der Waals surface area contributed by atoms with Gasteiger partial charge in [-0.05, 0) is 68.0 Å². The average Bonchev–Trinajstić information content (AvgIpc) is 2.42. The van der Waals surface area contributed by atoms with Gasteiger partial charge in [-0.1, -0.05) is 31.2 Å². The van der Waals surface area contributed by atoms with E-state index in [4.69, 9.17) is 0 Å². The van der Waals surface area contributed by atoms with Gasteiger partial charge >= 0.3 is 0 Å². The molecule has 1 heterocycles. The van der Waals surface area contributed by atoms with Crippen LogP contribution in [0.15, 0.2) is 24.3 Å². The molecule has 98 valence electrons. The molecule has 2 aliphatic rings. The maximum Gasteiger partial charge on any atom is 0.00985 e. The first-order chi connectivity index (χ1) is 8.84. The summed E-state index contributed by atoms with van der Waals surface area (Å²) in [5, 5.41) is 3.75. The average molecular weight is 243 g/mol. The van der Waals surface area contributed by atoms with Crippen LogP contribution >= 0.6 is 0 Å². The molecular formula is C17H25N. The highest BCUT2D eigenvalue weighted by molar-refractivity contribution is 5.32. The Morgan fingerprint density at radius 2 is 2.06 bits per heavy atom. The van der Waals surface area contributed by atoms with E-state index in [1.807, 2.05) is 0 Å². The summed E-state index contributed by atoms with van der Waals surface area (Å²) >= 11 is 0. The van der Waals surface area contributed by atoms with Gasteiger partial charge in [0.25, 0.3) is 0 Å². The fraction of sp³-hybridized carbons (Fsp3) is 0.647. The van der Waals surface area contributed by atoms with E-state index in [2.05, 4.69) is 36.5 Å². The topological polar surface area (TPSA) is 12.0 Å². The lowest BCUT2D eigenvalue weighted by molar-refractivity contribution is 0.266. The molecule has 18 heavy (non-hydrogen) atoms. The second kappa shape index (κ2) is 5.44. The lowest BCUT2D eigenvalue weighted by Crippen LogP contribution is -2.41. The zero-order valence-corrected chi connectivity index (χ0v) is 11.5. The molecule has 0 aromatic heterocycles. The first-order valence-corrected chi connectivity index (χ1v) is 7.66. The van der Waals surface area contributed by atoms with Gasteiger partial charge in [0.05, 0.1) is 0 Å². The van der Waals surface area contributed by atoms with Crippen LogP contribution in [0.3, 0.4) is 0 Å². The molecule has 1 saturated heterocycles. The second-order valence-corrected chi connectivity index (χ2v) is 6.20. The molecule has 3 unspecified atom stereocenters. The van der Waals surface area contributed by atoms with Crippen LogP contribution in [0.1, 0.15) is 56.1 Å². The van der Waals surface area contributed by atoms with E-state index >= 15 is 0 Å². The van der Waals surface area contributed by atoms with Crippen LogP contribution in [0.4, 0.5) is 0 Å². The van der Waals surface area contributed by atoms with Crippen molar-refractivity contribution in [3.63, 3.8) is 0 Å². The summed E-state index contributed by atoms with van der Waals surface area (Å²) in [5.74, 6) is 1.65. The largest absolute Gasteiger partial charge is 0.314 e. The molecule has 1 aliphatic carbocycles. The number of nitrogens with one attached hydrogen (secondary N) is 1. The molecule has 1 fully saturated rings. The Morgan fingerprint density at radius 1 is 1.17 bits per heavy atom. The van der Waals surface area contributed by atoms with Crippen LogP contribution in [0.25, 0.3) is 0 Å². The Hall–Kier alpha value is -0.820. The number of rotatable bonds is 2. The van der Waals surface area contributed by atoms with Crippen molar-refractivity contribution in [2.45, 2.75) is 57.4 Å². The fourth-order valence-electron chi connectivity index (χ4n) is 3.84. The van der Waals surface area contributed by atoms with Gasteiger partial charge in [0, 0.05) is 6.04 Å². The smallest absolute Gasteiger partial charge is 0.00985 e. The molecule has 3 atom stereocenters. The summed E-state index contributed by atoms with van der Waals surface area (Å²) in [4.78, 5) is 0. The number of fused-ring (bicyclic) bond motifs is 1. The molecule has 0 spiro atoms. The van der Waals surface area contributed by atoms with Gasteiger partial charge in [-0.2, -0.15) is 0 Å². The first kappa shape index (κ1) is 12.2. The van der Waals surface area contributed by atoms with E-state index in [9.17, 15) is 0 Å². The minimum atomic E-state index is 0.745. The van der Waals surface area contributed by atoms with E-state index in [1.165, 1.54) is 45.1 Å². The molecule has 1 aromatic rings. The molecule has 3 rings (SSSR count). The predicted octanol–water partition coefficient (Wildman–Crippen LogP) is 3.88. The SMILES string of the molecule is CC1CCCNC1CC1CCCc2ccccc21. The van der Waals surface area contributed by atoms with E-state index in [1.54, 1.807) is 11.1 Å². The molecule has 0 radical (unpaired) electrons. The second-order valence-electron chi connectivity index (χ2n) is 6.20. The molecule has 1 aromatic carbocycles. The van der Waals surface area contributed by atoms with E-state index in [0.717, 1.165) is 17.9 Å². The van der Waals surface area contributed by atoms with Gasteiger partial charge in [0.1, 0.15) is 0 Å². The Labute approximate surface area is 111 Å². The van der Waals surface area contributed by atoms with Gasteiger partial charge in [0.15, 0.2) is 0 Å². The molecule has 1 heteroatoms. The van der Waals surface area contributed by atoms with E-state index in [-0.39, 0.29) is 0 Å². The van der Waals surface area contributed by atoms with Crippen molar-refractivity contribution >= 4 is 0 Å². The number of hydrogen-bond acceptors (Lipinski definition) is 1. The van der Waals surface area contributed by atoms with Crippen molar-refractivity contribution in [1.82, 2.24) is 5.32 Å². The standard InChI is InChI=1S/C17H25N/c1-13-6-5-11-18-17(13)12-15-9-4-8-14-7-2-3-10-16(14)15/h2-3,7,10,13,15,17-18H,4-6,8-9,11-12H2,1H3. The van der Waals surface area contributed by atoms with Gasteiger partial charge < -0.3 is 5.32 Å². The monoisotopic (exact) mass is 243 g/mol. The van der Waals surface area contributed by atoms with Gasteiger partial charge in [-0.3, -0.25) is 0 Å². The third kappa shape index (κ3) is 2.47. The summed E-state index contributed by atoms with van der Waals surface area (Å²) < 4.78 is 0. The third-order valence-corrected chi connectivity index (χ3v) is 4.96. The highest BCUT2D eigenvalue weighted by Crippen LogP contribution is 2.36. The molecule has 0 amide bonds. The van der Waals surface area contributed by atoms with Crippen molar-refractivity contribution in [2.75, 3.05) is 6.54 Å². The zero-order valence-electron chi connectivity index (χ0n) is 11.5. The van der Waals surface area contributed by atoms with Crippen LogP contribution in [-0.4, -0.2) is 12.6 Å². The maximum atomic E-state index is 3.75. The normalized spacial score (nSPS) is 31.9. The minimum Gasteiger partial charge on any atom is -0.314 e. The lowest BCUT2D eigenvalue weighted by Gasteiger charge is -2.35. The Morgan fingerprint density at radius 3 is 2.94 bits per heavy atom. The number of piperidine rings is 1. The van der Waals surface area contributed by atoms with Crippen LogP contribution in [0.2, 0.25) is 0 Å². The van der Waals surface area contributed by atoms with E-state index < -0.39 is 0 Å². The molecular weight excluding hydrogens is 218 g/mol. The lowest BCUT2D eigenvalue weighted by atomic mass is 9.76. The van der Waals surface area contributed by atoms with Crippen molar-refractivity contribution in [3.05, 3.63) is 35.4 Å².